The molecule has 8 nitrogen and oxygen atoms in total. The maximum Gasteiger partial charge on any atom is 0.525 e. The Labute approximate surface area is 185 Å². The zero-order valence-electron chi connectivity index (χ0n) is 16.6. The Morgan fingerprint density at radius 2 is 1.78 bits per heavy atom. The molecule has 3 rings (SSSR count). The van der Waals surface area contributed by atoms with E-state index in [-0.39, 0.29) is 22.4 Å². The number of alkyl halides is 3. The van der Waals surface area contributed by atoms with Gasteiger partial charge in [-0.1, -0.05) is 19.1 Å². The van der Waals surface area contributed by atoms with Gasteiger partial charge < -0.3 is 5.32 Å². The Morgan fingerprint density at radius 3 is 2.41 bits per heavy atom. The van der Waals surface area contributed by atoms with Gasteiger partial charge in [0, 0.05) is 29.0 Å². The van der Waals surface area contributed by atoms with Gasteiger partial charge in [-0.15, -0.1) is 21.1 Å². The van der Waals surface area contributed by atoms with Crippen LogP contribution in [0.4, 0.5) is 13.2 Å². The quantitative estimate of drug-likeness (QED) is 0.262. The van der Waals surface area contributed by atoms with E-state index in [4.69, 9.17) is 0 Å². The van der Waals surface area contributed by atoms with E-state index < -0.39 is 32.5 Å². The van der Waals surface area contributed by atoms with Gasteiger partial charge in [0.25, 0.3) is 11.8 Å². The first kappa shape index (κ1) is 24.0. The molecule has 0 radical (unpaired) electrons. The number of hydrogen-bond donors (Lipinski definition) is 1. The highest BCUT2D eigenvalue weighted by Crippen LogP contribution is 2.37. The van der Waals surface area contributed by atoms with Gasteiger partial charge in [-0.25, -0.2) is 0 Å². The minimum absolute atomic E-state index is 0.0740. The number of hydroxylamine groups is 2. The van der Waals surface area contributed by atoms with E-state index in [1.54, 1.807) is 6.07 Å². The lowest BCUT2D eigenvalue weighted by Gasteiger charge is -2.26. The van der Waals surface area contributed by atoms with Crippen LogP contribution >= 0.6 is 11.8 Å². The average Bonchev–Trinajstić information content (AvgIpc) is 2.72. The van der Waals surface area contributed by atoms with Crippen molar-refractivity contribution in [3.05, 3.63) is 41.5 Å². The molecule has 2 aromatic rings. The van der Waals surface area contributed by atoms with Crippen LogP contribution in [0, 0.1) is 0 Å². The van der Waals surface area contributed by atoms with Crippen molar-refractivity contribution in [2.24, 2.45) is 0 Å². The highest BCUT2D eigenvalue weighted by Gasteiger charge is 2.51. The van der Waals surface area contributed by atoms with Crippen LogP contribution < -0.4 is 5.32 Å². The predicted molar refractivity (Wildman–Crippen MR) is 109 cm³/mol. The molecule has 0 bridgehead atoms. The van der Waals surface area contributed by atoms with E-state index in [9.17, 15) is 36.0 Å². The number of benzene rings is 2. The smallest absolute Gasteiger partial charge is 0.355 e. The molecule has 1 aliphatic rings. The molecule has 0 fully saturated rings. The Hall–Kier alpha value is -2.64. The van der Waals surface area contributed by atoms with Crippen molar-refractivity contribution < 1.29 is 40.3 Å². The number of carbonyl (C=O) groups is 3. The monoisotopic (exact) mass is 490 g/mol. The molecule has 1 heterocycles. The summed E-state index contributed by atoms with van der Waals surface area (Å²) in [6, 6.07) is 7.17. The molecular weight excluding hydrogens is 473 g/mol. The van der Waals surface area contributed by atoms with E-state index >= 15 is 0 Å². The highest BCUT2D eigenvalue weighted by molar-refractivity contribution is 7.99. The summed E-state index contributed by atoms with van der Waals surface area (Å²) < 4.78 is 64.5. The van der Waals surface area contributed by atoms with Crippen molar-refractivity contribution in [1.82, 2.24) is 10.4 Å². The number of carbonyl (C=O) groups excluding carboxylic acids is 3. The molecule has 0 saturated carbocycles. The normalized spacial score (nSPS) is 14.2. The fourth-order valence-corrected chi connectivity index (χ4v) is 4.38. The lowest BCUT2D eigenvalue weighted by molar-refractivity contribution is -0.121. The van der Waals surface area contributed by atoms with E-state index in [0.29, 0.717) is 29.0 Å². The van der Waals surface area contributed by atoms with Crippen LogP contribution in [0.25, 0.3) is 10.8 Å². The Balaban J connectivity index is 1.89. The first-order valence-corrected chi connectivity index (χ1v) is 11.7. The molecule has 0 atom stereocenters. The summed E-state index contributed by atoms with van der Waals surface area (Å²) in [7, 11) is -6.22. The molecule has 1 aliphatic heterocycles. The molecule has 3 amide bonds. The SMILES string of the molecule is CCCC(=O)NCCSc1ccc2c3c(cccc13)C(=O)N(OS(=O)(=O)C(F)(F)F)C2=O. The van der Waals surface area contributed by atoms with Gasteiger partial charge in [0.05, 0.1) is 11.1 Å². The third-order valence-electron chi connectivity index (χ3n) is 4.45. The Bertz CT molecular complexity index is 1180. The van der Waals surface area contributed by atoms with Crippen LogP contribution in [-0.4, -0.2) is 49.0 Å². The summed E-state index contributed by atoms with van der Waals surface area (Å²) in [5.74, 6) is -2.23. The second-order valence-electron chi connectivity index (χ2n) is 6.67. The molecule has 1 N–H and O–H groups in total. The number of nitrogens with zero attached hydrogens (tertiary/aromatic N) is 1. The molecule has 13 heteroatoms. The number of amides is 3. The van der Waals surface area contributed by atoms with Crippen molar-refractivity contribution in [3.63, 3.8) is 0 Å². The van der Waals surface area contributed by atoms with Crippen LogP contribution in [0.1, 0.15) is 40.5 Å². The summed E-state index contributed by atoms with van der Waals surface area (Å²) in [4.78, 5) is 37.5. The molecule has 0 unspecified atom stereocenters. The standard InChI is InChI=1S/C19H17F3N2O6S2/c1-2-4-15(25)23-9-10-31-14-8-7-13-16-11(14)5-3-6-12(16)17(26)24(18(13)27)30-32(28,29)19(20,21)22/h3,5-8H,2,4,9-10H2,1H3,(H,23,25). The lowest BCUT2D eigenvalue weighted by atomic mass is 9.95. The lowest BCUT2D eigenvalue weighted by Crippen LogP contribution is -2.44. The van der Waals surface area contributed by atoms with Crippen molar-refractivity contribution in [2.45, 2.75) is 30.2 Å². The van der Waals surface area contributed by atoms with Gasteiger partial charge >= 0.3 is 15.6 Å². The zero-order chi connectivity index (χ0) is 23.7. The third-order valence-corrected chi connectivity index (χ3v) is 6.43. The molecule has 172 valence electrons. The van der Waals surface area contributed by atoms with Crippen molar-refractivity contribution >= 4 is 50.4 Å². The second-order valence-corrected chi connectivity index (χ2v) is 9.32. The Morgan fingerprint density at radius 1 is 1.12 bits per heavy atom. The van der Waals surface area contributed by atoms with Crippen LogP contribution in [0.5, 0.6) is 0 Å². The van der Waals surface area contributed by atoms with Crippen molar-refractivity contribution in [3.8, 4) is 0 Å². The first-order valence-electron chi connectivity index (χ1n) is 9.32. The Kier molecular flexibility index (Phi) is 6.81. The van der Waals surface area contributed by atoms with E-state index in [2.05, 4.69) is 9.60 Å². The van der Waals surface area contributed by atoms with Gasteiger partial charge in [-0.2, -0.15) is 21.6 Å². The third kappa shape index (κ3) is 4.59. The summed E-state index contributed by atoms with van der Waals surface area (Å²) in [5.41, 5.74) is -6.16. The highest BCUT2D eigenvalue weighted by atomic mass is 32.2. The number of thioether (sulfide) groups is 1. The minimum Gasteiger partial charge on any atom is -0.355 e. The maximum absolute atomic E-state index is 12.7. The van der Waals surface area contributed by atoms with Gasteiger partial charge in [0.15, 0.2) is 0 Å². The van der Waals surface area contributed by atoms with Gasteiger partial charge in [-0.05, 0) is 30.0 Å². The van der Waals surface area contributed by atoms with Crippen LogP contribution in [0.2, 0.25) is 0 Å². The molecule has 32 heavy (non-hydrogen) atoms. The predicted octanol–water partition coefficient (Wildman–Crippen LogP) is 3.23. The maximum atomic E-state index is 12.7. The molecule has 0 aliphatic carbocycles. The molecule has 0 saturated heterocycles. The second kappa shape index (κ2) is 9.08. The van der Waals surface area contributed by atoms with Crippen LogP contribution in [0.3, 0.4) is 0 Å². The number of rotatable bonds is 8. The minimum atomic E-state index is -6.22. The molecule has 0 spiro atoms. The topological polar surface area (TPSA) is 110 Å². The first-order chi connectivity index (χ1) is 15.0. The van der Waals surface area contributed by atoms with E-state index in [1.165, 1.54) is 36.0 Å². The number of halogens is 3. The molecule has 0 aromatic heterocycles. The van der Waals surface area contributed by atoms with Crippen molar-refractivity contribution in [1.29, 1.82) is 0 Å². The van der Waals surface area contributed by atoms with Gasteiger partial charge in [-0.3, -0.25) is 14.4 Å². The summed E-state index contributed by atoms with van der Waals surface area (Å²) >= 11 is 1.35. The van der Waals surface area contributed by atoms with E-state index in [0.717, 1.165) is 6.42 Å². The summed E-state index contributed by atoms with van der Waals surface area (Å²) in [6.07, 6.45) is 1.14. The number of hydrogen-bond acceptors (Lipinski definition) is 7. The molecular formula is C19H17F3N2O6S2. The zero-order valence-corrected chi connectivity index (χ0v) is 18.2. The van der Waals surface area contributed by atoms with Crippen LogP contribution in [-0.2, 0) is 19.2 Å². The van der Waals surface area contributed by atoms with E-state index in [1.807, 2.05) is 6.92 Å². The average molecular weight is 490 g/mol. The fourth-order valence-electron chi connectivity index (χ4n) is 3.05. The summed E-state index contributed by atoms with van der Waals surface area (Å²) in [6.45, 7) is 2.28. The number of nitrogens with one attached hydrogen (secondary N) is 1. The number of imide groups is 1. The largest absolute Gasteiger partial charge is 0.525 e. The molecule has 2 aromatic carbocycles. The van der Waals surface area contributed by atoms with Crippen LogP contribution in [0.15, 0.2) is 35.2 Å². The van der Waals surface area contributed by atoms with Gasteiger partial charge in [0.2, 0.25) is 5.91 Å². The summed E-state index contributed by atoms with van der Waals surface area (Å²) in [5, 5.41) is 3.05. The fraction of sp³-hybridized carbons (Fsp3) is 0.316. The van der Waals surface area contributed by atoms with Gasteiger partial charge in [0.1, 0.15) is 0 Å². The van der Waals surface area contributed by atoms with Crippen molar-refractivity contribution in [2.75, 3.05) is 12.3 Å².